The van der Waals surface area contributed by atoms with Gasteiger partial charge in [0.1, 0.15) is 0 Å². The third-order valence-electron chi connectivity index (χ3n) is 3.10. The van der Waals surface area contributed by atoms with E-state index in [1.54, 1.807) is 12.1 Å². The van der Waals surface area contributed by atoms with E-state index in [9.17, 15) is 10.1 Å². The number of anilines is 1. The fraction of sp³-hybridized carbons (Fsp3) is 0.250. The predicted molar refractivity (Wildman–Crippen MR) is 84.3 cm³/mol. The first-order valence-corrected chi connectivity index (χ1v) is 6.75. The molecule has 0 unspecified atom stereocenters. The highest BCUT2D eigenvalue weighted by atomic mass is 16.6. The van der Waals surface area contributed by atoms with Crippen LogP contribution >= 0.6 is 0 Å². The Morgan fingerprint density at radius 1 is 1.00 bits per heavy atom. The molecule has 0 radical (unpaired) electrons. The molecule has 0 saturated heterocycles. The molecule has 0 fully saturated rings. The van der Waals surface area contributed by atoms with Gasteiger partial charge in [-0.2, -0.15) is 0 Å². The van der Waals surface area contributed by atoms with Gasteiger partial charge in [-0.1, -0.05) is 24.3 Å². The zero-order chi connectivity index (χ0) is 15.2. The summed E-state index contributed by atoms with van der Waals surface area (Å²) in [7, 11) is 4.08. The van der Waals surface area contributed by atoms with Crippen molar-refractivity contribution < 1.29 is 4.92 Å². The van der Waals surface area contributed by atoms with Crippen molar-refractivity contribution in [2.45, 2.75) is 13.1 Å². The Morgan fingerprint density at radius 2 is 1.57 bits per heavy atom. The van der Waals surface area contributed by atoms with Gasteiger partial charge >= 0.3 is 0 Å². The molecule has 5 nitrogen and oxygen atoms in total. The smallest absolute Gasteiger partial charge is 0.269 e. The number of nitrogens with zero attached hydrogens (tertiary/aromatic N) is 2. The van der Waals surface area contributed by atoms with E-state index in [4.69, 9.17) is 0 Å². The third-order valence-corrected chi connectivity index (χ3v) is 3.10. The minimum atomic E-state index is -0.388. The van der Waals surface area contributed by atoms with Crippen LogP contribution in [0, 0.1) is 10.1 Å². The molecular formula is C16H19N3O2. The van der Waals surface area contributed by atoms with E-state index in [1.165, 1.54) is 17.7 Å². The molecule has 0 bridgehead atoms. The molecule has 2 rings (SSSR count). The molecule has 0 aromatic heterocycles. The average molecular weight is 285 g/mol. The van der Waals surface area contributed by atoms with Gasteiger partial charge in [-0.15, -0.1) is 0 Å². The summed E-state index contributed by atoms with van der Waals surface area (Å²) >= 11 is 0. The molecule has 0 aliphatic carbocycles. The molecule has 0 atom stereocenters. The topological polar surface area (TPSA) is 58.4 Å². The zero-order valence-electron chi connectivity index (χ0n) is 12.2. The summed E-state index contributed by atoms with van der Waals surface area (Å²) in [5, 5.41) is 13.9. The molecular weight excluding hydrogens is 266 g/mol. The van der Waals surface area contributed by atoms with Crippen LogP contribution in [0.3, 0.4) is 0 Å². The minimum absolute atomic E-state index is 0.117. The van der Waals surface area contributed by atoms with Gasteiger partial charge in [-0.25, -0.2) is 0 Å². The first kappa shape index (κ1) is 15.0. The van der Waals surface area contributed by atoms with Crippen LogP contribution < -0.4 is 5.32 Å². The number of hydrogen-bond donors (Lipinski definition) is 1. The number of nitro benzene ring substituents is 1. The maximum absolute atomic E-state index is 10.6. The maximum atomic E-state index is 10.6. The van der Waals surface area contributed by atoms with Crippen molar-refractivity contribution in [3.63, 3.8) is 0 Å². The van der Waals surface area contributed by atoms with Crippen LogP contribution in [0.2, 0.25) is 0 Å². The first-order valence-electron chi connectivity index (χ1n) is 6.75. The summed E-state index contributed by atoms with van der Waals surface area (Å²) in [6, 6.07) is 14.9. The summed E-state index contributed by atoms with van der Waals surface area (Å²) < 4.78 is 0. The SMILES string of the molecule is CN(C)Cc1ccc(NCc2ccc([N+](=O)[O-])cc2)cc1. The molecule has 0 heterocycles. The monoisotopic (exact) mass is 285 g/mol. The second-order valence-corrected chi connectivity index (χ2v) is 5.21. The maximum Gasteiger partial charge on any atom is 0.269 e. The highest BCUT2D eigenvalue weighted by molar-refractivity contribution is 5.45. The normalized spacial score (nSPS) is 10.6. The number of benzene rings is 2. The Hall–Kier alpha value is -2.40. The molecule has 1 N–H and O–H groups in total. The Bertz CT molecular complexity index is 592. The lowest BCUT2D eigenvalue weighted by Crippen LogP contribution is -2.10. The molecule has 2 aromatic carbocycles. The summed E-state index contributed by atoms with van der Waals surface area (Å²) in [4.78, 5) is 12.3. The van der Waals surface area contributed by atoms with E-state index in [0.717, 1.165) is 17.8 Å². The van der Waals surface area contributed by atoms with Crippen LogP contribution in [0.15, 0.2) is 48.5 Å². The molecule has 0 aliphatic rings. The number of nitro groups is 1. The summed E-state index contributed by atoms with van der Waals surface area (Å²) in [6.45, 7) is 1.56. The van der Waals surface area contributed by atoms with E-state index in [-0.39, 0.29) is 10.6 Å². The van der Waals surface area contributed by atoms with E-state index < -0.39 is 0 Å². The highest BCUT2D eigenvalue weighted by Crippen LogP contribution is 2.15. The Labute approximate surface area is 124 Å². The molecule has 0 saturated carbocycles. The van der Waals surface area contributed by atoms with Crippen LogP contribution in [0.4, 0.5) is 11.4 Å². The van der Waals surface area contributed by atoms with Gasteiger partial charge in [-0.3, -0.25) is 10.1 Å². The molecule has 21 heavy (non-hydrogen) atoms. The fourth-order valence-electron chi connectivity index (χ4n) is 2.03. The number of non-ortho nitro benzene ring substituents is 1. The number of rotatable bonds is 6. The van der Waals surface area contributed by atoms with Crippen LogP contribution in [0.1, 0.15) is 11.1 Å². The van der Waals surface area contributed by atoms with Crippen LogP contribution in [-0.4, -0.2) is 23.9 Å². The van der Waals surface area contributed by atoms with Crippen molar-refractivity contribution in [2.75, 3.05) is 19.4 Å². The Kier molecular flexibility index (Phi) is 4.90. The van der Waals surface area contributed by atoms with E-state index in [1.807, 2.05) is 26.2 Å². The van der Waals surface area contributed by atoms with Gasteiger partial charge in [0, 0.05) is 30.9 Å². The minimum Gasteiger partial charge on any atom is -0.381 e. The van der Waals surface area contributed by atoms with Crippen LogP contribution in [0.25, 0.3) is 0 Å². The first-order chi connectivity index (χ1) is 10.0. The Morgan fingerprint density at radius 3 is 2.10 bits per heavy atom. The third kappa shape index (κ3) is 4.57. The molecule has 0 spiro atoms. The lowest BCUT2D eigenvalue weighted by atomic mass is 10.1. The van der Waals surface area contributed by atoms with Gasteiger partial charge < -0.3 is 10.2 Å². The number of nitrogens with one attached hydrogen (secondary N) is 1. The van der Waals surface area contributed by atoms with Crippen molar-refractivity contribution in [1.29, 1.82) is 0 Å². The van der Waals surface area contributed by atoms with Crippen molar-refractivity contribution in [3.8, 4) is 0 Å². The summed E-state index contributed by atoms with van der Waals surface area (Å²) in [5.41, 5.74) is 3.43. The molecule has 2 aromatic rings. The average Bonchev–Trinajstić information content (AvgIpc) is 2.46. The summed E-state index contributed by atoms with van der Waals surface area (Å²) in [5.74, 6) is 0. The lowest BCUT2D eigenvalue weighted by Gasteiger charge is -2.11. The van der Waals surface area contributed by atoms with Crippen molar-refractivity contribution in [1.82, 2.24) is 4.90 Å². The van der Waals surface area contributed by atoms with E-state index in [0.29, 0.717) is 6.54 Å². The largest absolute Gasteiger partial charge is 0.381 e. The number of hydrogen-bond acceptors (Lipinski definition) is 4. The highest BCUT2D eigenvalue weighted by Gasteiger charge is 2.03. The standard InChI is InChI=1S/C16H19N3O2/c1-18(2)12-14-3-7-15(8-4-14)17-11-13-5-9-16(10-6-13)19(20)21/h3-10,17H,11-12H2,1-2H3. The molecule has 0 amide bonds. The quantitative estimate of drug-likeness (QED) is 0.653. The van der Waals surface area contributed by atoms with Gasteiger partial charge in [-0.05, 0) is 37.4 Å². The second-order valence-electron chi connectivity index (χ2n) is 5.21. The Balaban J connectivity index is 1.91. The van der Waals surface area contributed by atoms with Crippen LogP contribution in [0.5, 0.6) is 0 Å². The van der Waals surface area contributed by atoms with Crippen molar-refractivity contribution in [3.05, 3.63) is 69.8 Å². The predicted octanol–water partition coefficient (Wildman–Crippen LogP) is 3.27. The van der Waals surface area contributed by atoms with E-state index >= 15 is 0 Å². The second kappa shape index (κ2) is 6.85. The van der Waals surface area contributed by atoms with Crippen molar-refractivity contribution in [2.24, 2.45) is 0 Å². The molecule has 0 aliphatic heterocycles. The molecule has 5 heteroatoms. The van der Waals surface area contributed by atoms with Gasteiger partial charge in [0.25, 0.3) is 5.69 Å². The molecule has 110 valence electrons. The van der Waals surface area contributed by atoms with Gasteiger partial charge in [0.15, 0.2) is 0 Å². The summed E-state index contributed by atoms with van der Waals surface area (Å²) in [6.07, 6.45) is 0. The van der Waals surface area contributed by atoms with Crippen LogP contribution in [-0.2, 0) is 13.1 Å². The van der Waals surface area contributed by atoms with Gasteiger partial charge in [0.05, 0.1) is 4.92 Å². The van der Waals surface area contributed by atoms with E-state index in [2.05, 4.69) is 22.3 Å². The van der Waals surface area contributed by atoms with Gasteiger partial charge in [0.2, 0.25) is 0 Å². The fourth-order valence-corrected chi connectivity index (χ4v) is 2.03. The lowest BCUT2D eigenvalue weighted by molar-refractivity contribution is -0.384. The van der Waals surface area contributed by atoms with Crippen molar-refractivity contribution >= 4 is 11.4 Å². The zero-order valence-corrected chi connectivity index (χ0v) is 12.2.